The molecular weight excluding hydrogens is 282 g/mol. The van der Waals surface area contributed by atoms with Crippen LogP contribution in [0.5, 0.6) is 0 Å². The lowest BCUT2D eigenvalue weighted by Gasteiger charge is -2.30. The van der Waals surface area contributed by atoms with E-state index < -0.39 is 0 Å². The molecule has 1 aromatic heterocycles. The van der Waals surface area contributed by atoms with Crippen LogP contribution < -0.4 is 5.32 Å². The summed E-state index contributed by atoms with van der Waals surface area (Å²) in [4.78, 5) is 0. The maximum atomic E-state index is 6.15. The number of fused-ring (bicyclic) bond motifs is 1. The highest BCUT2D eigenvalue weighted by Gasteiger charge is 2.23. The summed E-state index contributed by atoms with van der Waals surface area (Å²) >= 11 is 6.15. The topological polar surface area (TPSA) is 37.8 Å². The number of rotatable bonds is 4. The highest BCUT2D eigenvalue weighted by molar-refractivity contribution is 6.34. The fraction of sp³-hybridized carbons (Fsp3) is 0.529. The van der Waals surface area contributed by atoms with Gasteiger partial charge in [-0.1, -0.05) is 62.1 Å². The standard InChI is InChI=1S/C17H22ClN3/c1-2-15(12-8-4-3-5-9-12)19-17-14-11-7-6-10-13(14)16(18)20-21-17/h6-7,10-12,15H,2-5,8-9H2,1H3,(H,19,21). The van der Waals surface area contributed by atoms with Gasteiger partial charge in [-0.15, -0.1) is 10.2 Å². The van der Waals surface area contributed by atoms with Gasteiger partial charge in [0.1, 0.15) is 0 Å². The maximum absolute atomic E-state index is 6.15. The summed E-state index contributed by atoms with van der Waals surface area (Å²) < 4.78 is 0. The van der Waals surface area contributed by atoms with Crippen LogP contribution in [0.1, 0.15) is 45.4 Å². The third kappa shape index (κ3) is 3.13. The van der Waals surface area contributed by atoms with E-state index in [0.717, 1.165) is 28.9 Å². The molecule has 0 spiro atoms. The van der Waals surface area contributed by atoms with Crippen molar-refractivity contribution in [3.05, 3.63) is 29.4 Å². The lowest BCUT2D eigenvalue weighted by Crippen LogP contribution is -2.30. The third-order valence-corrected chi connectivity index (χ3v) is 4.90. The number of hydrogen-bond acceptors (Lipinski definition) is 3. The van der Waals surface area contributed by atoms with Crippen molar-refractivity contribution in [3.8, 4) is 0 Å². The van der Waals surface area contributed by atoms with Gasteiger partial charge in [-0.25, -0.2) is 0 Å². The van der Waals surface area contributed by atoms with Crippen molar-refractivity contribution in [2.45, 2.75) is 51.5 Å². The summed E-state index contributed by atoms with van der Waals surface area (Å²) in [7, 11) is 0. The van der Waals surface area contributed by atoms with Gasteiger partial charge in [0.15, 0.2) is 11.0 Å². The van der Waals surface area contributed by atoms with Crippen LogP contribution in [0.4, 0.5) is 5.82 Å². The lowest BCUT2D eigenvalue weighted by atomic mass is 9.83. The molecule has 0 amide bonds. The zero-order valence-electron chi connectivity index (χ0n) is 12.5. The molecule has 1 atom stereocenters. The van der Waals surface area contributed by atoms with Crippen molar-refractivity contribution < 1.29 is 0 Å². The Morgan fingerprint density at radius 3 is 2.57 bits per heavy atom. The van der Waals surface area contributed by atoms with Gasteiger partial charge in [-0.2, -0.15) is 0 Å². The summed E-state index contributed by atoms with van der Waals surface area (Å²) in [5.41, 5.74) is 0. The molecule has 1 aliphatic rings. The molecule has 1 fully saturated rings. The minimum absolute atomic E-state index is 0.474. The number of aromatic nitrogens is 2. The van der Waals surface area contributed by atoms with Gasteiger partial charge < -0.3 is 5.32 Å². The minimum atomic E-state index is 0.474. The van der Waals surface area contributed by atoms with Crippen LogP contribution in [0.2, 0.25) is 5.15 Å². The predicted octanol–water partition coefficient (Wildman–Crippen LogP) is 5.05. The zero-order chi connectivity index (χ0) is 14.7. The van der Waals surface area contributed by atoms with Crippen molar-refractivity contribution in [3.63, 3.8) is 0 Å². The van der Waals surface area contributed by atoms with Crippen LogP contribution in [0, 0.1) is 5.92 Å². The molecule has 3 rings (SSSR count). The van der Waals surface area contributed by atoms with E-state index in [1.54, 1.807) is 0 Å². The van der Waals surface area contributed by atoms with E-state index in [-0.39, 0.29) is 0 Å². The number of anilines is 1. The van der Waals surface area contributed by atoms with Crippen LogP contribution in [0.3, 0.4) is 0 Å². The Kier molecular flexibility index (Phi) is 4.59. The van der Waals surface area contributed by atoms with E-state index in [1.165, 1.54) is 32.1 Å². The largest absolute Gasteiger partial charge is 0.365 e. The smallest absolute Gasteiger partial charge is 0.159 e. The van der Waals surface area contributed by atoms with Gasteiger partial charge in [0, 0.05) is 16.8 Å². The monoisotopic (exact) mass is 303 g/mol. The van der Waals surface area contributed by atoms with Crippen molar-refractivity contribution in [2.75, 3.05) is 5.32 Å². The molecule has 1 unspecified atom stereocenters. The first-order chi connectivity index (χ1) is 10.3. The second-order valence-electron chi connectivity index (χ2n) is 5.94. The van der Waals surface area contributed by atoms with Crippen LogP contribution in [0.25, 0.3) is 10.8 Å². The van der Waals surface area contributed by atoms with Crippen LogP contribution in [0.15, 0.2) is 24.3 Å². The first-order valence-corrected chi connectivity index (χ1v) is 8.35. The van der Waals surface area contributed by atoms with Gasteiger partial charge in [0.25, 0.3) is 0 Å². The van der Waals surface area contributed by atoms with Gasteiger partial charge in [-0.3, -0.25) is 0 Å². The molecular formula is C17H22ClN3. The number of hydrogen-bond donors (Lipinski definition) is 1. The van der Waals surface area contributed by atoms with E-state index in [2.05, 4.69) is 28.5 Å². The molecule has 1 heterocycles. The fourth-order valence-electron chi connectivity index (χ4n) is 3.44. The summed E-state index contributed by atoms with van der Waals surface area (Å²) in [5, 5.41) is 14.5. The average molecular weight is 304 g/mol. The number of nitrogens with zero attached hydrogens (tertiary/aromatic N) is 2. The van der Waals surface area contributed by atoms with Crippen molar-refractivity contribution >= 4 is 28.2 Å². The normalized spacial score (nSPS) is 17.8. The summed E-state index contributed by atoms with van der Waals surface area (Å²) in [6.45, 7) is 2.25. The van der Waals surface area contributed by atoms with Crippen molar-refractivity contribution in [1.29, 1.82) is 0 Å². The number of benzene rings is 1. The van der Waals surface area contributed by atoms with Gasteiger partial charge in [0.2, 0.25) is 0 Å². The Bertz CT molecular complexity index is 608. The molecule has 1 N–H and O–H groups in total. The molecule has 21 heavy (non-hydrogen) atoms. The second-order valence-corrected chi connectivity index (χ2v) is 6.30. The Morgan fingerprint density at radius 1 is 1.14 bits per heavy atom. The Hall–Kier alpha value is -1.35. The van der Waals surface area contributed by atoms with Crippen molar-refractivity contribution in [2.24, 2.45) is 5.92 Å². The zero-order valence-corrected chi connectivity index (χ0v) is 13.2. The van der Waals surface area contributed by atoms with Crippen LogP contribution >= 0.6 is 11.6 Å². The highest BCUT2D eigenvalue weighted by Crippen LogP contribution is 2.31. The predicted molar refractivity (Wildman–Crippen MR) is 88.8 cm³/mol. The van der Waals surface area contributed by atoms with Gasteiger partial charge >= 0.3 is 0 Å². The minimum Gasteiger partial charge on any atom is -0.365 e. The Labute approximate surface area is 131 Å². The average Bonchev–Trinajstić information content (AvgIpc) is 2.55. The molecule has 1 aromatic carbocycles. The number of nitrogens with one attached hydrogen (secondary N) is 1. The molecule has 0 bridgehead atoms. The summed E-state index contributed by atoms with van der Waals surface area (Å²) in [6, 6.07) is 8.54. The molecule has 3 nitrogen and oxygen atoms in total. The molecule has 0 aliphatic heterocycles. The summed E-state index contributed by atoms with van der Waals surface area (Å²) in [6.07, 6.45) is 7.86. The van der Waals surface area contributed by atoms with Crippen molar-refractivity contribution in [1.82, 2.24) is 10.2 Å². The summed E-state index contributed by atoms with van der Waals surface area (Å²) in [5.74, 6) is 1.62. The molecule has 112 valence electrons. The van der Waals surface area contributed by atoms with E-state index in [1.807, 2.05) is 18.2 Å². The SMILES string of the molecule is CCC(Nc1nnc(Cl)c2ccccc12)C1CCCCC1. The van der Waals surface area contributed by atoms with E-state index >= 15 is 0 Å². The van der Waals surface area contributed by atoms with Crippen LogP contribution in [-0.4, -0.2) is 16.2 Å². The molecule has 1 aliphatic carbocycles. The lowest BCUT2D eigenvalue weighted by molar-refractivity contribution is 0.312. The first kappa shape index (κ1) is 14.6. The maximum Gasteiger partial charge on any atom is 0.159 e. The van der Waals surface area contributed by atoms with E-state index in [9.17, 15) is 0 Å². The third-order valence-electron chi connectivity index (χ3n) is 4.62. The number of halogens is 1. The molecule has 0 radical (unpaired) electrons. The molecule has 2 aromatic rings. The molecule has 4 heteroatoms. The Balaban J connectivity index is 1.87. The fourth-order valence-corrected chi connectivity index (χ4v) is 3.65. The van der Waals surface area contributed by atoms with Gasteiger partial charge in [-0.05, 0) is 25.2 Å². The molecule has 0 saturated heterocycles. The van der Waals surface area contributed by atoms with E-state index in [4.69, 9.17) is 11.6 Å². The molecule has 1 saturated carbocycles. The Morgan fingerprint density at radius 2 is 1.86 bits per heavy atom. The van der Waals surface area contributed by atoms with E-state index in [0.29, 0.717) is 11.2 Å². The quantitative estimate of drug-likeness (QED) is 0.858. The second kappa shape index (κ2) is 6.61. The van der Waals surface area contributed by atoms with Gasteiger partial charge in [0.05, 0.1) is 0 Å². The highest BCUT2D eigenvalue weighted by atomic mass is 35.5. The van der Waals surface area contributed by atoms with Crippen LogP contribution in [-0.2, 0) is 0 Å². The first-order valence-electron chi connectivity index (χ1n) is 7.97.